The molecule has 2 aromatic carbocycles. The lowest BCUT2D eigenvalue weighted by atomic mass is 9.43. The summed E-state index contributed by atoms with van der Waals surface area (Å²) in [5.74, 6) is -8.51. The molecule has 2 saturated heterocycles. The van der Waals surface area contributed by atoms with Crippen molar-refractivity contribution in [3.05, 3.63) is 51.5 Å². The second-order valence-corrected chi connectivity index (χ2v) is 16.1. The van der Waals surface area contributed by atoms with E-state index in [1.165, 1.54) is 32.3 Å². The van der Waals surface area contributed by atoms with Gasteiger partial charge in [0, 0.05) is 25.2 Å². The Morgan fingerprint density at radius 1 is 1.02 bits per heavy atom. The van der Waals surface area contributed by atoms with E-state index in [4.69, 9.17) is 40.9 Å². The Bertz CT molecular complexity index is 2020. The molecule has 3 saturated carbocycles. The maximum absolute atomic E-state index is 15.6. The number of methoxy groups -OCH3 is 3. The molecule has 21 heteroatoms. The molecule has 0 aromatic heterocycles. The number of carbonyl (C=O) groups is 5. The Morgan fingerprint density at radius 3 is 2.31 bits per heavy atom. The third-order valence-electron chi connectivity index (χ3n) is 12.3. The van der Waals surface area contributed by atoms with Crippen molar-refractivity contribution in [3.63, 3.8) is 0 Å². The van der Waals surface area contributed by atoms with Gasteiger partial charge >= 0.3 is 30.9 Å². The van der Waals surface area contributed by atoms with Gasteiger partial charge < -0.3 is 49.9 Å². The van der Waals surface area contributed by atoms with Gasteiger partial charge in [-0.05, 0) is 74.1 Å². The quantitative estimate of drug-likeness (QED) is 0.159. The number of hydrogen-bond donors (Lipinski definition) is 4. The maximum atomic E-state index is 15.6. The van der Waals surface area contributed by atoms with Gasteiger partial charge in [0.2, 0.25) is 5.91 Å². The van der Waals surface area contributed by atoms with Gasteiger partial charge in [-0.1, -0.05) is 31.5 Å². The molecule has 5 fully saturated rings. The van der Waals surface area contributed by atoms with Gasteiger partial charge in [0.05, 0.1) is 44.0 Å². The van der Waals surface area contributed by atoms with Gasteiger partial charge in [-0.25, -0.2) is 18.4 Å². The average Bonchev–Trinajstić information content (AvgIpc) is 3.55. The third-order valence-corrected chi connectivity index (χ3v) is 12.7. The van der Waals surface area contributed by atoms with Crippen LogP contribution in [0.15, 0.2) is 18.2 Å². The van der Waals surface area contributed by atoms with E-state index in [1.54, 1.807) is 0 Å². The Balaban J connectivity index is 0.00000661. The minimum atomic E-state index is -1.87. The molecule has 5 aliphatic rings. The summed E-state index contributed by atoms with van der Waals surface area (Å²) in [6.45, 7) is 6.51. The lowest BCUT2D eigenvalue weighted by Crippen LogP contribution is -2.65. The molecule has 2 aromatic rings. The second kappa shape index (κ2) is 17.7. The van der Waals surface area contributed by atoms with Gasteiger partial charge in [-0.2, -0.15) is 0 Å². The minimum Gasteiger partial charge on any atom is -0.495 e. The predicted molar refractivity (Wildman–Crippen MR) is 211 cm³/mol. The highest BCUT2D eigenvalue weighted by atomic mass is 35.5. The molecule has 2 unspecified atom stereocenters. The number of piperazine rings is 1. The van der Waals surface area contributed by atoms with Gasteiger partial charge in [-0.15, -0.1) is 12.4 Å². The van der Waals surface area contributed by atoms with Crippen LogP contribution in [0.4, 0.5) is 13.6 Å². The molecular formula is C38H48BCl2F2N5O11. The van der Waals surface area contributed by atoms with Crippen LogP contribution in [0, 0.1) is 28.9 Å². The fourth-order valence-electron chi connectivity index (χ4n) is 9.02. The molecule has 59 heavy (non-hydrogen) atoms. The number of urea groups is 1. The first-order valence-electron chi connectivity index (χ1n) is 18.9. The predicted octanol–water partition coefficient (Wildman–Crippen LogP) is 3.53. The summed E-state index contributed by atoms with van der Waals surface area (Å²) < 4.78 is 59.5. The van der Waals surface area contributed by atoms with E-state index in [9.17, 15) is 33.5 Å². The molecule has 0 radical (unpaired) electrons. The van der Waals surface area contributed by atoms with Gasteiger partial charge in [0.25, 0.3) is 0 Å². The van der Waals surface area contributed by atoms with E-state index in [1.807, 2.05) is 6.92 Å². The molecule has 6 atom stereocenters. The van der Waals surface area contributed by atoms with Crippen molar-refractivity contribution in [2.45, 2.75) is 70.1 Å². The molecule has 0 spiro atoms. The van der Waals surface area contributed by atoms with E-state index in [0.717, 1.165) is 18.6 Å². The summed E-state index contributed by atoms with van der Waals surface area (Å²) in [4.78, 5) is 68.8. The summed E-state index contributed by atoms with van der Waals surface area (Å²) in [5, 5.41) is 14.8. The first-order chi connectivity index (χ1) is 27.4. The van der Waals surface area contributed by atoms with Gasteiger partial charge in [0.1, 0.15) is 23.2 Å². The summed E-state index contributed by atoms with van der Waals surface area (Å²) in [6, 6.07) is 0.0826. The third kappa shape index (κ3) is 8.11. The van der Waals surface area contributed by atoms with Crippen LogP contribution in [-0.2, 0) is 30.1 Å². The fraction of sp³-hybridized carbons (Fsp3) is 0.553. The molecule has 2 bridgehead atoms. The number of benzene rings is 2. The highest BCUT2D eigenvalue weighted by molar-refractivity contribution is 6.48. The normalized spacial score (nSPS) is 24.0. The molecule has 5 amide bonds. The summed E-state index contributed by atoms with van der Waals surface area (Å²) >= 11 is 6.72. The van der Waals surface area contributed by atoms with Crippen molar-refractivity contribution in [3.8, 4) is 17.2 Å². The van der Waals surface area contributed by atoms with Crippen molar-refractivity contribution in [2.24, 2.45) is 23.0 Å². The molecule has 2 aliphatic heterocycles. The molecule has 322 valence electrons. The highest BCUT2D eigenvalue weighted by Gasteiger charge is 2.68. The first-order valence-corrected chi connectivity index (χ1v) is 19.2. The highest BCUT2D eigenvalue weighted by Crippen LogP contribution is 2.65. The lowest BCUT2D eigenvalue weighted by Gasteiger charge is -2.64. The number of ether oxygens (including phenoxy) is 3. The van der Waals surface area contributed by atoms with E-state index in [2.05, 4.69) is 24.5 Å². The van der Waals surface area contributed by atoms with Crippen LogP contribution in [0.3, 0.4) is 0 Å². The fourth-order valence-corrected chi connectivity index (χ4v) is 9.35. The summed E-state index contributed by atoms with van der Waals surface area (Å²) in [6.07, 6.45) is 1.38. The number of carboxylic acids is 1. The van der Waals surface area contributed by atoms with Crippen molar-refractivity contribution in [1.29, 1.82) is 0 Å². The molecule has 7 rings (SSSR count). The van der Waals surface area contributed by atoms with Crippen LogP contribution in [0.25, 0.3) is 0 Å². The monoisotopic (exact) mass is 869 g/mol. The average molecular weight is 871 g/mol. The number of imide groups is 1. The van der Waals surface area contributed by atoms with E-state index in [0.29, 0.717) is 23.7 Å². The molecule has 2 heterocycles. The largest absolute Gasteiger partial charge is 0.495 e. The SMILES string of the molecule is COc1c(F)cc(C(NC(=O)N2CCN(CCCN)C(=O)C2=O)C(=O)NC(Cc2ccc(F)c(C(=O)O)c2OC)B2O[C@@H]3C[C@@H]4C[C@@H](C4(C)C)[C@]3(C)O2)c(Cl)c1OC.Cl. The van der Waals surface area contributed by atoms with Gasteiger partial charge in [0.15, 0.2) is 17.3 Å². The lowest BCUT2D eigenvalue weighted by molar-refractivity contribution is -0.199. The van der Waals surface area contributed by atoms with Crippen LogP contribution < -0.4 is 30.6 Å². The van der Waals surface area contributed by atoms with Crippen LogP contribution in [0.5, 0.6) is 17.2 Å². The van der Waals surface area contributed by atoms with Gasteiger partial charge in [-0.3, -0.25) is 19.3 Å². The summed E-state index contributed by atoms with van der Waals surface area (Å²) in [7, 11) is 2.36. The minimum absolute atomic E-state index is 0. The number of aromatic carboxylic acids is 1. The number of nitrogens with zero attached hydrogens (tertiary/aromatic N) is 2. The molecule has 5 N–H and O–H groups in total. The topological polar surface area (TPSA) is 208 Å². The Morgan fingerprint density at radius 2 is 1.69 bits per heavy atom. The number of carboxylic acid groups (broad SMARTS) is 1. The number of nitrogens with one attached hydrogen (secondary N) is 2. The molecule has 16 nitrogen and oxygen atoms in total. The zero-order chi connectivity index (χ0) is 42.4. The van der Waals surface area contributed by atoms with E-state index in [-0.39, 0.29) is 90.1 Å². The Kier molecular flexibility index (Phi) is 13.7. The Labute approximate surface area is 351 Å². The van der Waals surface area contributed by atoms with Crippen LogP contribution >= 0.6 is 24.0 Å². The zero-order valence-electron chi connectivity index (χ0n) is 33.4. The van der Waals surface area contributed by atoms with Crippen molar-refractivity contribution in [2.75, 3.05) is 47.5 Å². The van der Waals surface area contributed by atoms with Crippen molar-refractivity contribution >= 4 is 60.8 Å². The molecular weight excluding hydrogens is 822 g/mol. The number of carbonyl (C=O) groups excluding carboxylic acids is 4. The number of hydrogen-bond acceptors (Lipinski definition) is 11. The van der Waals surface area contributed by atoms with E-state index < -0.39 is 77.4 Å². The van der Waals surface area contributed by atoms with Crippen LogP contribution in [0.1, 0.15) is 67.6 Å². The number of halogens is 4. The number of amides is 5. The smallest absolute Gasteiger partial charge is 0.482 e. The number of nitrogens with two attached hydrogens (primary N) is 1. The zero-order valence-corrected chi connectivity index (χ0v) is 35.0. The maximum Gasteiger partial charge on any atom is 0.482 e. The summed E-state index contributed by atoms with van der Waals surface area (Å²) in [5.41, 5.74) is 3.83. The molecule has 3 aliphatic carbocycles. The first kappa shape index (κ1) is 45.7. The standard InChI is InChI=1S/C38H47BClF2N5O11.ClH/c1-37(2)19-15-23(37)38(3)24(16-19)57-39(58-38)25(14-18-8-9-21(41)26(35(51)52)29(18)54-4)44-32(48)28(20-17-22(42)30(55-5)31(56-6)27(20)40)45-36(53)47-13-12-46(11-7-10-43)33(49)34(47)50;/h8-9,17,19,23-25,28H,7,10-16,43H2,1-6H3,(H,44,48)(H,45,53)(H,51,52);1H/t19-,23-,24+,25?,28?,38-;/m0./s1. The van der Waals surface area contributed by atoms with Crippen molar-refractivity contribution in [1.82, 2.24) is 20.4 Å². The Hall–Kier alpha value is -4.43. The van der Waals surface area contributed by atoms with Crippen LogP contribution in [0.2, 0.25) is 5.02 Å². The number of rotatable bonds is 14. The van der Waals surface area contributed by atoms with Crippen molar-refractivity contribution < 1.29 is 61.4 Å². The second-order valence-electron chi connectivity index (χ2n) is 15.7. The van der Waals surface area contributed by atoms with Crippen LogP contribution in [-0.4, -0.2) is 117 Å². The van der Waals surface area contributed by atoms with E-state index >= 15 is 4.39 Å².